The summed E-state index contributed by atoms with van der Waals surface area (Å²) in [6.45, 7) is 0.0816. The minimum atomic E-state index is 0.0816. The van der Waals surface area contributed by atoms with Gasteiger partial charge in [-0.25, -0.2) is 0 Å². The first-order chi connectivity index (χ1) is 11.2. The first kappa shape index (κ1) is 15.7. The zero-order chi connectivity index (χ0) is 16.2. The van der Waals surface area contributed by atoms with Crippen LogP contribution in [-0.4, -0.2) is 23.6 Å². The van der Waals surface area contributed by atoms with E-state index in [1.54, 1.807) is 18.2 Å². The van der Waals surface area contributed by atoms with E-state index in [0.717, 1.165) is 14.9 Å². The number of aromatic nitrogens is 2. The second-order valence-electron chi connectivity index (χ2n) is 4.42. The molecular formula is C15H11BrN2O4S. The number of benzene rings is 1. The lowest BCUT2D eigenvalue weighted by Gasteiger charge is -2.09. The molecule has 0 saturated heterocycles. The van der Waals surface area contributed by atoms with Gasteiger partial charge in [-0.05, 0) is 46.3 Å². The average molecular weight is 395 g/mol. The van der Waals surface area contributed by atoms with Crippen LogP contribution in [0.4, 0.5) is 0 Å². The van der Waals surface area contributed by atoms with Gasteiger partial charge in [0.25, 0.3) is 11.8 Å². The number of hydrogen-bond donors (Lipinski definition) is 0. The molecule has 0 fully saturated rings. The Morgan fingerprint density at radius 3 is 2.83 bits per heavy atom. The van der Waals surface area contributed by atoms with Crippen LogP contribution in [0.5, 0.6) is 11.5 Å². The summed E-state index contributed by atoms with van der Waals surface area (Å²) in [6.07, 6.45) is 0.742. The Hall–Kier alpha value is -2.19. The maximum absolute atomic E-state index is 10.9. The molecular weight excluding hydrogens is 384 g/mol. The van der Waals surface area contributed by atoms with E-state index in [1.807, 2.05) is 12.1 Å². The average Bonchev–Trinajstić information content (AvgIpc) is 3.21. The van der Waals surface area contributed by atoms with Crippen molar-refractivity contribution in [1.29, 1.82) is 0 Å². The van der Waals surface area contributed by atoms with Gasteiger partial charge in [-0.1, -0.05) is 0 Å². The maximum Gasteiger partial charge on any atom is 0.257 e. The lowest BCUT2D eigenvalue weighted by molar-refractivity contribution is 0.112. The Morgan fingerprint density at radius 1 is 1.26 bits per heavy atom. The first-order valence-electron chi connectivity index (χ1n) is 6.53. The topological polar surface area (TPSA) is 74.5 Å². The van der Waals surface area contributed by atoms with Gasteiger partial charge in [-0.3, -0.25) is 4.79 Å². The number of rotatable bonds is 6. The van der Waals surface area contributed by atoms with E-state index in [-0.39, 0.29) is 6.61 Å². The minimum absolute atomic E-state index is 0.0816. The van der Waals surface area contributed by atoms with E-state index in [0.29, 0.717) is 28.8 Å². The van der Waals surface area contributed by atoms with E-state index in [2.05, 4.69) is 26.1 Å². The van der Waals surface area contributed by atoms with Gasteiger partial charge in [0.2, 0.25) is 0 Å². The van der Waals surface area contributed by atoms with Gasteiger partial charge < -0.3 is 13.9 Å². The van der Waals surface area contributed by atoms with Crippen molar-refractivity contribution in [2.45, 2.75) is 6.61 Å². The van der Waals surface area contributed by atoms with Crippen molar-refractivity contribution in [3.8, 4) is 22.3 Å². The summed E-state index contributed by atoms with van der Waals surface area (Å²) in [4.78, 5) is 11.7. The van der Waals surface area contributed by atoms with Crippen molar-refractivity contribution in [3.05, 3.63) is 45.6 Å². The Kier molecular flexibility index (Phi) is 4.73. The molecule has 0 unspecified atom stereocenters. The maximum atomic E-state index is 10.9. The highest BCUT2D eigenvalue weighted by Gasteiger charge is 2.12. The number of halogens is 1. The van der Waals surface area contributed by atoms with Crippen molar-refractivity contribution in [1.82, 2.24) is 10.2 Å². The fourth-order valence-electron chi connectivity index (χ4n) is 1.86. The Labute approximate surface area is 144 Å². The molecule has 3 rings (SSSR count). The van der Waals surface area contributed by atoms with E-state index in [9.17, 15) is 4.79 Å². The highest BCUT2D eigenvalue weighted by Crippen LogP contribution is 2.31. The molecule has 6 nitrogen and oxygen atoms in total. The number of aldehydes is 1. The quantitative estimate of drug-likeness (QED) is 0.589. The number of hydrogen-bond acceptors (Lipinski definition) is 7. The summed E-state index contributed by atoms with van der Waals surface area (Å²) < 4.78 is 17.4. The predicted octanol–water partition coefficient (Wildman–Crippen LogP) is 3.96. The highest BCUT2D eigenvalue weighted by atomic mass is 79.9. The molecule has 0 atom stereocenters. The van der Waals surface area contributed by atoms with Crippen LogP contribution in [0.1, 0.15) is 16.2 Å². The van der Waals surface area contributed by atoms with Crippen molar-refractivity contribution < 1.29 is 18.7 Å². The largest absolute Gasteiger partial charge is 0.493 e. The van der Waals surface area contributed by atoms with Crippen molar-refractivity contribution in [2.75, 3.05) is 7.11 Å². The van der Waals surface area contributed by atoms with Crippen LogP contribution in [0.3, 0.4) is 0 Å². The van der Waals surface area contributed by atoms with Crippen LogP contribution in [0.2, 0.25) is 0 Å². The minimum Gasteiger partial charge on any atom is -0.493 e. The fourth-order valence-corrected chi connectivity index (χ4v) is 3.17. The predicted molar refractivity (Wildman–Crippen MR) is 88.0 cm³/mol. The molecule has 0 N–H and O–H groups in total. The van der Waals surface area contributed by atoms with Gasteiger partial charge in [-0.15, -0.1) is 21.5 Å². The zero-order valence-corrected chi connectivity index (χ0v) is 14.4. The van der Waals surface area contributed by atoms with Crippen molar-refractivity contribution in [3.63, 3.8) is 0 Å². The zero-order valence-electron chi connectivity index (χ0n) is 12.0. The summed E-state index contributed by atoms with van der Waals surface area (Å²) in [5, 5.41) is 7.95. The molecule has 0 aliphatic rings. The molecule has 2 heterocycles. The highest BCUT2D eigenvalue weighted by molar-refractivity contribution is 9.11. The fraction of sp³-hybridized carbons (Fsp3) is 0.133. The summed E-state index contributed by atoms with van der Waals surface area (Å²) >= 11 is 4.89. The molecule has 0 aliphatic heterocycles. The standard InChI is InChI=1S/C15H11BrN2O4S/c1-20-10-3-2-9(7-19)6-11(10)21-8-14-17-18-15(22-14)12-4-5-13(16)23-12/h2-7H,8H2,1H3. The van der Waals surface area contributed by atoms with E-state index in [4.69, 9.17) is 13.9 Å². The first-order valence-corrected chi connectivity index (χ1v) is 8.14. The lowest BCUT2D eigenvalue weighted by atomic mass is 10.2. The molecule has 2 aromatic heterocycles. The molecule has 0 saturated carbocycles. The number of methoxy groups -OCH3 is 1. The number of carbonyl (C=O) groups is 1. The third-order valence-electron chi connectivity index (χ3n) is 2.93. The summed E-state index contributed by atoms with van der Waals surface area (Å²) in [7, 11) is 1.53. The molecule has 0 spiro atoms. The van der Waals surface area contributed by atoms with Crippen LogP contribution in [0.15, 0.2) is 38.5 Å². The second-order valence-corrected chi connectivity index (χ2v) is 6.88. The van der Waals surface area contributed by atoms with E-state index < -0.39 is 0 Å². The number of ether oxygens (including phenoxy) is 2. The van der Waals surface area contributed by atoms with Gasteiger partial charge in [0, 0.05) is 5.56 Å². The molecule has 0 radical (unpaired) electrons. The van der Waals surface area contributed by atoms with Crippen LogP contribution >= 0.6 is 27.3 Å². The van der Waals surface area contributed by atoms with Gasteiger partial charge >= 0.3 is 0 Å². The molecule has 3 aromatic rings. The van der Waals surface area contributed by atoms with Crippen LogP contribution < -0.4 is 9.47 Å². The number of nitrogens with zero attached hydrogens (tertiary/aromatic N) is 2. The molecule has 0 bridgehead atoms. The van der Waals surface area contributed by atoms with Crippen molar-refractivity contribution in [2.24, 2.45) is 0 Å². The third-order valence-corrected chi connectivity index (χ3v) is 4.54. The number of thiophene rings is 1. The molecule has 0 amide bonds. The molecule has 1 aromatic carbocycles. The van der Waals surface area contributed by atoms with Crippen molar-refractivity contribution >= 4 is 33.6 Å². The van der Waals surface area contributed by atoms with Gasteiger partial charge in [0.05, 0.1) is 15.8 Å². The summed E-state index contributed by atoms with van der Waals surface area (Å²) in [5.74, 6) is 1.74. The Morgan fingerprint density at radius 2 is 2.13 bits per heavy atom. The SMILES string of the molecule is COc1ccc(C=O)cc1OCc1nnc(-c2ccc(Br)s2)o1. The van der Waals surface area contributed by atoms with Gasteiger partial charge in [0.15, 0.2) is 18.1 Å². The van der Waals surface area contributed by atoms with E-state index in [1.165, 1.54) is 18.4 Å². The van der Waals surface area contributed by atoms with Crippen LogP contribution in [-0.2, 0) is 6.61 Å². The van der Waals surface area contributed by atoms with Crippen LogP contribution in [0.25, 0.3) is 10.8 Å². The number of carbonyl (C=O) groups excluding carboxylic acids is 1. The Bertz CT molecular complexity index is 831. The van der Waals surface area contributed by atoms with Gasteiger partial charge in [-0.2, -0.15) is 0 Å². The van der Waals surface area contributed by atoms with Gasteiger partial charge in [0.1, 0.15) is 6.29 Å². The van der Waals surface area contributed by atoms with E-state index >= 15 is 0 Å². The second kappa shape index (κ2) is 6.93. The molecule has 8 heteroatoms. The molecule has 118 valence electrons. The summed E-state index contributed by atoms with van der Waals surface area (Å²) in [6, 6.07) is 8.72. The monoisotopic (exact) mass is 394 g/mol. The molecule has 0 aliphatic carbocycles. The summed E-state index contributed by atoms with van der Waals surface area (Å²) in [5.41, 5.74) is 0.496. The van der Waals surface area contributed by atoms with Crippen LogP contribution in [0, 0.1) is 0 Å². The normalized spacial score (nSPS) is 10.5. The third kappa shape index (κ3) is 3.59. The molecule has 23 heavy (non-hydrogen) atoms. The Balaban J connectivity index is 1.74. The smallest absolute Gasteiger partial charge is 0.257 e. The lowest BCUT2D eigenvalue weighted by Crippen LogP contribution is -1.99.